The van der Waals surface area contributed by atoms with Gasteiger partial charge >= 0.3 is 6.03 Å². The number of aryl methyl sites for hydroxylation is 1. The van der Waals surface area contributed by atoms with Crippen molar-refractivity contribution in [2.24, 2.45) is 0 Å². The SMILES string of the molecule is Cc1cc(Br)ccc1NC(=O)NCCC1(C)OCCO1. The van der Waals surface area contributed by atoms with E-state index in [-0.39, 0.29) is 6.03 Å². The van der Waals surface area contributed by atoms with Crippen LogP contribution in [-0.4, -0.2) is 31.6 Å². The number of carbonyl (C=O) groups excluding carboxylic acids is 1. The molecule has 0 spiro atoms. The molecule has 0 aliphatic carbocycles. The van der Waals surface area contributed by atoms with E-state index < -0.39 is 5.79 Å². The third-order valence-electron chi connectivity index (χ3n) is 3.20. The molecule has 1 aromatic rings. The second-order valence-corrected chi connectivity index (χ2v) is 5.84. The molecule has 110 valence electrons. The number of nitrogens with one attached hydrogen (secondary N) is 2. The predicted octanol–water partition coefficient (Wildman–Crippen LogP) is 3.03. The molecule has 20 heavy (non-hydrogen) atoms. The summed E-state index contributed by atoms with van der Waals surface area (Å²) in [6.45, 7) is 5.56. The highest BCUT2D eigenvalue weighted by Crippen LogP contribution is 2.22. The molecule has 0 aromatic heterocycles. The lowest BCUT2D eigenvalue weighted by atomic mass is 10.2. The molecular formula is C14H19BrN2O3. The Hall–Kier alpha value is -1.11. The molecule has 1 aromatic carbocycles. The van der Waals surface area contributed by atoms with E-state index in [4.69, 9.17) is 9.47 Å². The number of halogens is 1. The number of carbonyl (C=O) groups is 1. The van der Waals surface area contributed by atoms with Crippen LogP contribution in [0.15, 0.2) is 22.7 Å². The molecule has 0 atom stereocenters. The van der Waals surface area contributed by atoms with Gasteiger partial charge in [-0.3, -0.25) is 0 Å². The molecule has 0 radical (unpaired) electrons. The number of benzene rings is 1. The Morgan fingerprint density at radius 3 is 2.75 bits per heavy atom. The molecule has 1 saturated heterocycles. The number of hydrogen-bond acceptors (Lipinski definition) is 3. The molecule has 2 rings (SSSR count). The van der Waals surface area contributed by atoms with E-state index in [0.29, 0.717) is 26.2 Å². The van der Waals surface area contributed by atoms with Gasteiger partial charge in [-0.05, 0) is 37.6 Å². The van der Waals surface area contributed by atoms with Crippen molar-refractivity contribution < 1.29 is 14.3 Å². The number of amides is 2. The van der Waals surface area contributed by atoms with Crippen LogP contribution < -0.4 is 10.6 Å². The lowest BCUT2D eigenvalue weighted by Gasteiger charge is -2.22. The molecule has 1 fully saturated rings. The van der Waals surface area contributed by atoms with Crippen LogP contribution in [-0.2, 0) is 9.47 Å². The minimum atomic E-state index is -0.569. The lowest BCUT2D eigenvalue weighted by molar-refractivity contribution is -0.145. The topological polar surface area (TPSA) is 59.6 Å². The molecule has 5 nitrogen and oxygen atoms in total. The lowest BCUT2D eigenvalue weighted by Crippen LogP contribution is -2.35. The standard InChI is InChI=1S/C14H19BrN2O3/c1-10-9-11(15)3-4-12(10)17-13(18)16-6-5-14(2)19-7-8-20-14/h3-4,9H,5-8H2,1-2H3,(H2,16,17,18). The first-order valence-electron chi connectivity index (χ1n) is 6.57. The minimum absolute atomic E-state index is 0.225. The number of ether oxygens (including phenoxy) is 2. The van der Waals surface area contributed by atoms with Crippen molar-refractivity contribution in [3.8, 4) is 0 Å². The third kappa shape index (κ3) is 4.19. The molecule has 6 heteroatoms. The summed E-state index contributed by atoms with van der Waals surface area (Å²) >= 11 is 3.39. The van der Waals surface area contributed by atoms with Crippen LogP contribution in [0.1, 0.15) is 18.9 Å². The van der Waals surface area contributed by atoms with E-state index in [9.17, 15) is 4.79 Å². The van der Waals surface area contributed by atoms with E-state index in [1.165, 1.54) is 0 Å². The van der Waals surface area contributed by atoms with Gasteiger partial charge in [-0.25, -0.2) is 4.79 Å². The highest BCUT2D eigenvalue weighted by molar-refractivity contribution is 9.10. The minimum Gasteiger partial charge on any atom is -0.348 e. The van der Waals surface area contributed by atoms with Gasteiger partial charge in [0.05, 0.1) is 13.2 Å². The Morgan fingerprint density at radius 1 is 1.40 bits per heavy atom. The van der Waals surface area contributed by atoms with Crippen molar-refractivity contribution in [3.05, 3.63) is 28.2 Å². The van der Waals surface area contributed by atoms with Crippen molar-refractivity contribution >= 4 is 27.6 Å². The van der Waals surface area contributed by atoms with Crippen LogP contribution in [0.2, 0.25) is 0 Å². The monoisotopic (exact) mass is 342 g/mol. The van der Waals surface area contributed by atoms with Gasteiger partial charge in [0.1, 0.15) is 0 Å². The van der Waals surface area contributed by atoms with Crippen LogP contribution in [0, 0.1) is 6.92 Å². The molecule has 1 heterocycles. The Bertz CT molecular complexity index is 487. The fourth-order valence-electron chi connectivity index (χ4n) is 2.04. The van der Waals surface area contributed by atoms with Gasteiger partial charge in [-0.2, -0.15) is 0 Å². The van der Waals surface area contributed by atoms with Crippen molar-refractivity contribution in [2.45, 2.75) is 26.1 Å². The molecule has 0 saturated carbocycles. The maximum Gasteiger partial charge on any atom is 0.319 e. The van der Waals surface area contributed by atoms with E-state index in [2.05, 4.69) is 26.6 Å². The summed E-state index contributed by atoms with van der Waals surface area (Å²) in [7, 11) is 0. The molecule has 0 bridgehead atoms. The van der Waals surface area contributed by atoms with Crippen LogP contribution in [0.4, 0.5) is 10.5 Å². The summed E-state index contributed by atoms with van der Waals surface area (Å²) in [4.78, 5) is 11.8. The largest absolute Gasteiger partial charge is 0.348 e. The first-order chi connectivity index (χ1) is 9.48. The zero-order valence-electron chi connectivity index (χ0n) is 11.7. The normalized spacial score (nSPS) is 16.9. The summed E-state index contributed by atoms with van der Waals surface area (Å²) in [5, 5.41) is 5.63. The van der Waals surface area contributed by atoms with E-state index in [1.807, 2.05) is 32.0 Å². The van der Waals surface area contributed by atoms with E-state index >= 15 is 0 Å². The van der Waals surface area contributed by atoms with Gasteiger partial charge in [0.2, 0.25) is 0 Å². The fraction of sp³-hybridized carbons (Fsp3) is 0.500. The maximum atomic E-state index is 11.8. The summed E-state index contributed by atoms with van der Waals surface area (Å²) in [6.07, 6.45) is 0.625. The van der Waals surface area contributed by atoms with Crippen molar-refractivity contribution in [3.63, 3.8) is 0 Å². The van der Waals surface area contributed by atoms with Gasteiger partial charge in [-0.15, -0.1) is 0 Å². The van der Waals surface area contributed by atoms with E-state index in [0.717, 1.165) is 15.7 Å². The average molecular weight is 343 g/mol. The quantitative estimate of drug-likeness (QED) is 0.884. The van der Waals surface area contributed by atoms with Gasteiger partial charge in [0, 0.05) is 23.1 Å². The second kappa shape index (κ2) is 6.56. The Balaban J connectivity index is 1.77. The number of anilines is 1. The summed E-state index contributed by atoms with van der Waals surface area (Å²) in [5.41, 5.74) is 1.80. The maximum absolute atomic E-state index is 11.8. The highest BCUT2D eigenvalue weighted by atomic mass is 79.9. The molecule has 2 amide bonds. The zero-order chi connectivity index (χ0) is 14.6. The molecule has 1 aliphatic rings. The van der Waals surface area contributed by atoms with Crippen LogP contribution in [0.3, 0.4) is 0 Å². The van der Waals surface area contributed by atoms with Crippen LogP contribution in [0.5, 0.6) is 0 Å². The third-order valence-corrected chi connectivity index (χ3v) is 3.69. The summed E-state index contributed by atoms with van der Waals surface area (Å²) in [6, 6.07) is 5.49. The van der Waals surface area contributed by atoms with Gasteiger partial charge in [-0.1, -0.05) is 15.9 Å². The molecule has 0 unspecified atom stereocenters. The first kappa shape index (κ1) is 15.3. The summed E-state index contributed by atoms with van der Waals surface area (Å²) in [5.74, 6) is -0.569. The first-order valence-corrected chi connectivity index (χ1v) is 7.37. The van der Waals surface area contributed by atoms with E-state index in [1.54, 1.807) is 0 Å². The summed E-state index contributed by atoms with van der Waals surface area (Å²) < 4.78 is 11.9. The Kier molecular flexibility index (Phi) is 5.01. The smallest absolute Gasteiger partial charge is 0.319 e. The molecule has 2 N–H and O–H groups in total. The molecule has 1 aliphatic heterocycles. The van der Waals surface area contributed by atoms with Gasteiger partial charge < -0.3 is 20.1 Å². The van der Waals surface area contributed by atoms with Crippen molar-refractivity contribution in [1.82, 2.24) is 5.32 Å². The van der Waals surface area contributed by atoms with Gasteiger partial charge in [0.15, 0.2) is 5.79 Å². The highest BCUT2D eigenvalue weighted by Gasteiger charge is 2.30. The Morgan fingerprint density at radius 2 is 2.10 bits per heavy atom. The number of hydrogen-bond donors (Lipinski definition) is 2. The van der Waals surface area contributed by atoms with Crippen LogP contribution >= 0.6 is 15.9 Å². The zero-order valence-corrected chi connectivity index (χ0v) is 13.2. The number of rotatable bonds is 4. The van der Waals surface area contributed by atoms with Crippen molar-refractivity contribution in [2.75, 3.05) is 25.1 Å². The Labute approximate surface area is 127 Å². The fourth-order valence-corrected chi connectivity index (χ4v) is 2.51. The average Bonchev–Trinajstić information content (AvgIpc) is 2.80. The molecular weight excluding hydrogens is 324 g/mol. The number of urea groups is 1. The predicted molar refractivity (Wildman–Crippen MR) is 80.8 cm³/mol. The van der Waals surface area contributed by atoms with Gasteiger partial charge in [0.25, 0.3) is 0 Å². The van der Waals surface area contributed by atoms with Crippen molar-refractivity contribution in [1.29, 1.82) is 0 Å². The second-order valence-electron chi connectivity index (χ2n) is 4.92. The van der Waals surface area contributed by atoms with Crippen LogP contribution in [0.25, 0.3) is 0 Å².